The molecule has 2 aromatic rings. The zero-order valence-electron chi connectivity index (χ0n) is 16.3. The second kappa shape index (κ2) is 7.09. The summed E-state index contributed by atoms with van der Waals surface area (Å²) in [5.41, 5.74) is 1.91. The molecular weight excluding hydrogens is 376 g/mol. The highest BCUT2D eigenvalue weighted by Gasteiger charge is 2.50. The normalized spacial score (nSPS) is 28.0. The van der Waals surface area contributed by atoms with Crippen molar-refractivity contribution in [1.29, 1.82) is 0 Å². The Hall–Kier alpha value is -2.04. The minimum Gasteiger partial charge on any atom is -0.487 e. The summed E-state index contributed by atoms with van der Waals surface area (Å²) in [6.07, 6.45) is 1.67. The van der Waals surface area contributed by atoms with Crippen molar-refractivity contribution < 1.29 is 19.4 Å². The van der Waals surface area contributed by atoms with Gasteiger partial charge in [-0.2, -0.15) is 0 Å². The lowest BCUT2D eigenvalue weighted by Gasteiger charge is -2.51. The predicted molar refractivity (Wildman–Crippen MR) is 108 cm³/mol. The maximum Gasteiger partial charge on any atom is 0.335 e. The van der Waals surface area contributed by atoms with Gasteiger partial charge in [-0.3, -0.25) is 0 Å². The summed E-state index contributed by atoms with van der Waals surface area (Å²) in [6.45, 7) is 6.31. The quantitative estimate of drug-likeness (QED) is 0.702. The smallest absolute Gasteiger partial charge is 0.335 e. The van der Waals surface area contributed by atoms with Crippen LogP contribution in [-0.4, -0.2) is 22.8 Å². The first kappa shape index (κ1) is 19.3. The van der Waals surface area contributed by atoms with Gasteiger partial charge in [0.25, 0.3) is 0 Å². The molecule has 4 rings (SSSR count). The molecule has 0 unspecified atom stereocenters. The number of fused-ring (bicyclic) bond motifs is 3. The number of benzene rings is 2. The fourth-order valence-electron chi connectivity index (χ4n) is 4.66. The minimum absolute atomic E-state index is 0.0534. The highest BCUT2D eigenvalue weighted by atomic mass is 35.5. The van der Waals surface area contributed by atoms with Crippen LogP contribution in [0.15, 0.2) is 42.5 Å². The minimum atomic E-state index is -0.939. The number of aromatic carboxylic acids is 1. The molecule has 0 aromatic heterocycles. The van der Waals surface area contributed by atoms with Gasteiger partial charge >= 0.3 is 5.97 Å². The summed E-state index contributed by atoms with van der Waals surface area (Å²) in [5.74, 6) is 0.144. The molecule has 148 valence electrons. The monoisotopic (exact) mass is 400 g/mol. The van der Waals surface area contributed by atoms with Crippen LogP contribution < -0.4 is 4.74 Å². The summed E-state index contributed by atoms with van der Waals surface area (Å²) in [6, 6.07) is 13.1. The highest BCUT2D eigenvalue weighted by Crippen LogP contribution is 2.54. The third kappa shape index (κ3) is 3.29. The Morgan fingerprint density at radius 1 is 1.21 bits per heavy atom. The Kier molecular flexibility index (Phi) is 4.88. The number of carboxylic acid groups (broad SMARTS) is 1. The van der Waals surface area contributed by atoms with E-state index in [0.29, 0.717) is 0 Å². The van der Waals surface area contributed by atoms with Gasteiger partial charge in [-0.15, -0.1) is 0 Å². The Balaban J connectivity index is 1.74. The molecule has 4 nitrogen and oxygen atoms in total. The van der Waals surface area contributed by atoms with Crippen molar-refractivity contribution in [2.75, 3.05) is 0 Å². The molecule has 4 atom stereocenters. The van der Waals surface area contributed by atoms with Crippen LogP contribution >= 0.6 is 11.6 Å². The zero-order valence-corrected chi connectivity index (χ0v) is 17.1. The van der Waals surface area contributed by atoms with Crippen LogP contribution in [0.25, 0.3) is 0 Å². The third-order valence-corrected chi connectivity index (χ3v) is 6.43. The van der Waals surface area contributed by atoms with Crippen LogP contribution in [0.4, 0.5) is 0 Å². The fourth-order valence-corrected chi connectivity index (χ4v) is 4.79. The predicted octanol–water partition coefficient (Wildman–Crippen LogP) is 5.85. The first-order chi connectivity index (χ1) is 13.3. The molecule has 0 amide bonds. The first-order valence-corrected chi connectivity index (χ1v) is 10.1. The van der Waals surface area contributed by atoms with Gasteiger partial charge in [-0.1, -0.05) is 30.7 Å². The third-order valence-electron chi connectivity index (χ3n) is 6.17. The second-order valence-electron chi connectivity index (χ2n) is 8.27. The molecule has 1 N–H and O–H groups in total. The topological polar surface area (TPSA) is 55.8 Å². The van der Waals surface area contributed by atoms with Crippen molar-refractivity contribution in [3.8, 4) is 5.75 Å². The molecule has 0 aliphatic carbocycles. The largest absolute Gasteiger partial charge is 0.487 e. The Morgan fingerprint density at radius 3 is 2.57 bits per heavy atom. The van der Waals surface area contributed by atoms with E-state index in [0.717, 1.165) is 29.2 Å². The van der Waals surface area contributed by atoms with Crippen LogP contribution in [0, 0.1) is 5.92 Å². The molecule has 0 spiro atoms. The SMILES string of the molecule is CC[C@H]1O[C@@H]2c3cc(C(=O)O)ccc3OC(C)(C)[C@H]2C[C@@H]1c1ccc(Cl)cc1. The van der Waals surface area contributed by atoms with E-state index in [1.165, 1.54) is 5.56 Å². The number of carboxylic acids is 1. The first-order valence-electron chi connectivity index (χ1n) is 9.77. The van der Waals surface area contributed by atoms with E-state index in [1.54, 1.807) is 18.2 Å². The van der Waals surface area contributed by atoms with Crippen molar-refractivity contribution in [3.63, 3.8) is 0 Å². The molecule has 0 radical (unpaired) electrons. The van der Waals surface area contributed by atoms with E-state index in [9.17, 15) is 9.90 Å². The number of carbonyl (C=O) groups is 1. The average molecular weight is 401 g/mol. The van der Waals surface area contributed by atoms with Gasteiger partial charge in [-0.25, -0.2) is 4.79 Å². The summed E-state index contributed by atoms with van der Waals surface area (Å²) < 4.78 is 12.9. The fraction of sp³-hybridized carbons (Fsp3) is 0.435. The van der Waals surface area contributed by atoms with Gasteiger partial charge < -0.3 is 14.6 Å². The van der Waals surface area contributed by atoms with E-state index < -0.39 is 11.6 Å². The van der Waals surface area contributed by atoms with E-state index in [2.05, 4.69) is 32.9 Å². The lowest BCUT2D eigenvalue weighted by molar-refractivity contribution is -0.159. The van der Waals surface area contributed by atoms with E-state index in [-0.39, 0.29) is 29.6 Å². The Bertz CT molecular complexity index is 890. The van der Waals surface area contributed by atoms with Crippen molar-refractivity contribution in [1.82, 2.24) is 0 Å². The van der Waals surface area contributed by atoms with E-state index in [1.807, 2.05) is 12.1 Å². The Morgan fingerprint density at radius 2 is 1.93 bits per heavy atom. The molecular formula is C23H25ClO4. The zero-order chi connectivity index (χ0) is 20.1. The van der Waals surface area contributed by atoms with Crippen molar-refractivity contribution in [3.05, 3.63) is 64.2 Å². The van der Waals surface area contributed by atoms with Crippen molar-refractivity contribution in [2.45, 2.75) is 57.3 Å². The van der Waals surface area contributed by atoms with Crippen LogP contribution in [-0.2, 0) is 4.74 Å². The summed E-state index contributed by atoms with van der Waals surface area (Å²) in [4.78, 5) is 11.5. The molecule has 0 saturated carbocycles. The van der Waals surface area contributed by atoms with Crippen LogP contribution in [0.1, 0.15) is 67.1 Å². The summed E-state index contributed by atoms with van der Waals surface area (Å²) >= 11 is 6.07. The molecule has 2 aliphatic rings. The van der Waals surface area contributed by atoms with Crippen molar-refractivity contribution >= 4 is 17.6 Å². The maximum absolute atomic E-state index is 11.5. The Labute approximate surface area is 170 Å². The lowest BCUT2D eigenvalue weighted by Crippen LogP contribution is -2.50. The molecule has 5 heteroatoms. The molecule has 1 saturated heterocycles. The van der Waals surface area contributed by atoms with Gasteiger partial charge in [0, 0.05) is 22.4 Å². The van der Waals surface area contributed by atoms with Crippen LogP contribution in [0.2, 0.25) is 5.02 Å². The van der Waals surface area contributed by atoms with Crippen molar-refractivity contribution in [2.24, 2.45) is 5.92 Å². The second-order valence-corrected chi connectivity index (χ2v) is 8.70. The standard InChI is InChI=1S/C23H25ClO4/c1-4-19-16(13-5-8-15(24)9-6-13)12-18-21(27-19)17-11-14(22(25)26)7-10-20(17)28-23(18,2)3/h5-11,16,18-19,21H,4,12H2,1-3H3,(H,25,26)/t16-,18+,19-,21-/m1/s1. The molecule has 2 aromatic carbocycles. The van der Waals surface area contributed by atoms with Gasteiger partial charge in [-0.05, 0) is 62.6 Å². The molecule has 0 bridgehead atoms. The van der Waals surface area contributed by atoms with Gasteiger partial charge in [0.15, 0.2) is 0 Å². The number of hydrogen-bond donors (Lipinski definition) is 1. The van der Waals surface area contributed by atoms with Gasteiger partial charge in [0.1, 0.15) is 11.4 Å². The van der Waals surface area contributed by atoms with Crippen LogP contribution in [0.3, 0.4) is 0 Å². The molecule has 1 fully saturated rings. The van der Waals surface area contributed by atoms with E-state index in [4.69, 9.17) is 21.1 Å². The summed E-state index contributed by atoms with van der Waals surface area (Å²) in [7, 11) is 0. The summed E-state index contributed by atoms with van der Waals surface area (Å²) in [5, 5.41) is 10.1. The van der Waals surface area contributed by atoms with Gasteiger partial charge in [0.2, 0.25) is 0 Å². The lowest BCUT2D eigenvalue weighted by atomic mass is 9.70. The molecule has 2 aliphatic heterocycles. The number of ether oxygens (including phenoxy) is 2. The van der Waals surface area contributed by atoms with E-state index >= 15 is 0 Å². The number of hydrogen-bond acceptors (Lipinski definition) is 3. The number of halogens is 1. The molecule has 2 heterocycles. The number of rotatable bonds is 3. The molecule has 28 heavy (non-hydrogen) atoms. The average Bonchev–Trinajstić information content (AvgIpc) is 2.67. The van der Waals surface area contributed by atoms with Gasteiger partial charge in [0.05, 0.1) is 17.8 Å². The highest BCUT2D eigenvalue weighted by molar-refractivity contribution is 6.30. The maximum atomic E-state index is 11.5. The van der Waals surface area contributed by atoms with Crippen LogP contribution in [0.5, 0.6) is 5.75 Å².